The number of nitrogens with one attached hydrogen (secondary N) is 1. The maximum Gasteiger partial charge on any atom is 0.269 e. The summed E-state index contributed by atoms with van der Waals surface area (Å²) in [4.78, 5) is 18.1. The molecule has 2 heterocycles. The number of carbonyl (C=O) groups excluding carboxylic acids is 1. The van der Waals surface area contributed by atoms with Crippen LogP contribution in [0.2, 0.25) is 0 Å². The van der Waals surface area contributed by atoms with Gasteiger partial charge in [0, 0.05) is 25.8 Å². The fraction of sp³-hybridized carbons (Fsp3) is 0.538. The molecule has 0 aliphatic carbocycles. The maximum absolute atomic E-state index is 11.7. The van der Waals surface area contributed by atoms with Gasteiger partial charge in [0.15, 0.2) is 0 Å². The second kappa shape index (κ2) is 7.08. The van der Waals surface area contributed by atoms with Crippen LogP contribution in [0.1, 0.15) is 16.9 Å². The average molecular weight is 249 g/mol. The van der Waals surface area contributed by atoms with Crippen LogP contribution in [0.4, 0.5) is 0 Å². The van der Waals surface area contributed by atoms with Crippen LogP contribution in [0.5, 0.6) is 0 Å². The first-order valence-electron chi connectivity index (χ1n) is 6.35. The van der Waals surface area contributed by atoms with E-state index in [2.05, 4.69) is 15.2 Å². The third kappa shape index (κ3) is 4.09. The van der Waals surface area contributed by atoms with Crippen LogP contribution in [0, 0.1) is 0 Å². The van der Waals surface area contributed by atoms with E-state index in [1.807, 2.05) is 6.07 Å². The molecule has 0 spiro atoms. The van der Waals surface area contributed by atoms with Gasteiger partial charge in [0.1, 0.15) is 5.69 Å². The molecule has 1 saturated heterocycles. The number of carbonyl (C=O) groups is 1. The number of pyridine rings is 1. The molecule has 5 heteroatoms. The van der Waals surface area contributed by atoms with Gasteiger partial charge in [-0.3, -0.25) is 14.7 Å². The van der Waals surface area contributed by atoms with E-state index in [0.717, 1.165) is 39.3 Å². The summed E-state index contributed by atoms with van der Waals surface area (Å²) in [6, 6.07) is 5.34. The van der Waals surface area contributed by atoms with Crippen molar-refractivity contribution in [1.82, 2.24) is 15.2 Å². The summed E-state index contributed by atoms with van der Waals surface area (Å²) in [6.07, 6.45) is 2.58. The lowest BCUT2D eigenvalue weighted by Gasteiger charge is -2.26. The highest BCUT2D eigenvalue weighted by Gasteiger charge is 2.10. The maximum atomic E-state index is 11.7. The minimum Gasteiger partial charge on any atom is -0.379 e. The van der Waals surface area contributed by atoms with Crippen molar-refractivity contribution in [2.45, 2.75) is 6.42 Å². The molecule has 0 aromatic carbocycles. The van der Waals surface area contributed by atoms with Crippen LogP contribution in [0.15, 0.2) is 24.4 Å². The zero-order valence-corrected chi connectivity index (χ0v) is 10.5. The number of amides is 1. The molecule has 1 aromatic rings. The highest BCUT2D eigenvalue weighted by Crippen LogP contribution is 1.98. The molecule has 2 rings (SSSR count). The van der Waals surface area contributed by atoms with Crippen molar-refractivity contribution in [3.05, 3.63) is 30.1 Å². The molecule has 0 bridgehead atoms. The van der Waals surface area contributed by atoms with Crippen molar-refractivity contribution >= 4 is 5.91 Å². The third-order valence-corrected chi connectivity index (χ3v) is 2.94. The van der Waals surface area contributed by atoms with Crippen molar-refractivity contribution in [1.29, 1.82) is 0 Å². The van der Waals surface area contributed by atoms with Crippen molar-refractivity contribution in [2.24, 2.45) is 0 Å². The number of morpholine rings is 1. The molecule has 1 aliphatic rings. The van der Waals surface area contributed by atoms with Gasteiger partial charge in [-0.15, -0.1) is 0 Å². The highest BCUT2D eigenvalue weighted by atomic mass is 16.5. The Balaban J connectivity index is 1.62. The number of aromatic nitrogens is 1. The molecular formula is C13H19N3O2. The fourth-order valence-corrected chi connectivity index (χ4v) is 1.92. The topological polar surface area (TPSA) is 54.5 Å². The zero-order valence-electron chi connectivity index (χ0n) is 10.5. The summed E-state index contributed by atoms with van der Waals surface area (Å²) in [5.74, 6) is -0.0995. The third-order valence-electron chi connectivity index (χ3n) is 2.94. The lowest BCUT2D eigenvalue weighted by molar-refractivity contribution is 0.0374. The Bertz CT molecular complexity index is 364. The summed E-state index contributed by atoms with van der Waals surface area (Å²) in [7, 11) is 0. The Morgan fingerprint density at radius 1 is 1.39 bits per heavy atom. The minimum absolute atomic E-state index is 0.0995. The van der Waals surface area contributed by atoms with Gasteiger partial charge in [0.25, 0.3) is 5.91 Å². The first kappa shape index (κ1) is 13.0. The highest BCUT2D eigenvalue weighted by molar-refractivity contribution is 5.92. The molecule has 18 heavy (non-hydrogen) atoms. The molecule has 98 valence electrons. The van der Waals surface area contributed by atoms with E-state index in [9.17, 15) is 4.79 Å². The number of ether oxygens (including phenoxy) is 1. The molecule has 1 N–H and O–H groups in total. The van der Waals surface area contributed by atoms with Gasteiger partial charge < -0.3 is 10.1 Å². The van der Waals surface area contributed by atoms with E-state index in [-0.39, 0.29) is 5.91 Å². The van der Waals surface area contributed by atoms with E-state index in [0.29, 0.717) is 12.2 Å². The summed E-state index contributed by atoms with van der Waals surface area (Å²) in [5.41, 5.74) is 0.476. The van der Waals surface area contributed by atoms with Gasteiger partial charge in [-0.2, -0.15) is 0 Å². The molecule has 5 nitrogen and oxygen atoms in total. The summed E-state index contributed by atoms with van der Waals surface area (Å²) < 4.78 is 5.28. The summed E-state index contributed by atoms with van der Waals surface area (Å²) in [6.45, 7) is 5.32. The second-order valence-corrected chi connectivity index (χ2v) is 4.28. The second-order valence-electron chi connectivity index (χ2n) is 4.28. The van der Waals surface area contributed by atoms with E-state index in [4.69, 9.17) is 4.74 Å². The molecule has 1 amide bonds. The van der Waals surface area contributed by atoms with E-state index in [1.54, 1.807) is 18.3 Å². The number of hydrogen-bond acceptors (Lipinski definition) is 4. The smallest absolute Gasteiger partial charge is 0.269 e. The average Bonchev–Trinajstić information content (AvgIpc) is 2.45. The summed E-state index contributed by atoms with van der Waals surface area (Å²) in [5, 5.41) is 2.88. The Morgan fingerprint density at radius 3 is 2.94 bits per heavy atom. The molecule has 0 saturated carbocycles. The lowest BCUT2D eigenvalue weighted by Crippen LogP contribution is -2.38. The monoisotopic (exact) mass is 249 g/mol. The van der Waals surface area contributed by atoms with Crippen LogP contribution in [-0.4, -0.2) is 55.2 Å². The SMILES string of the molecule is O=C(NCCCN1CCOCC1)c1ccccn1. The summed E-state index contributed by atoms with van der Waals surface area (Å²) >= 11 is 0. The largest absolute Gasteiger partial charge is 0.379 e. The number of nitrogens with zero attached hydrogens (tertiary/aromatic N) is 2. The van der Waals surface area contributed by atoms with Crippen molar-refractivity contribution < 1.29 is 9.53 Å². The van der Waals surface area contributed by atoms with Crippen molar-refractivity contribution in [2.75, 3.05) is 39.4 Å². The van der Waals surface area contributed by atoms with Crippen molar-refractivity contribution in [3.8, 4) is 0 Å². The van der Waals surface area contributed by atoms with Crippen LogP contribution in [0.3, 0.4) is 0 Å². The Kier molecular flexibility index (Phi) is 5.11. The fourth-order valence-electron chi connectivity index (χ4n) is 1.92. The zero-order chi connectivity index (χ0) is 12.6. The quantitative estimate of drug-likeness (QED) is 0.774. The van der Waals surface area contributed by atoms with E-state index < -0.39 is 0 Å². The van der Waals surface area contributed by atoms with E-state index >= 15 is 0 Å². The molecule has 0 radical (unpaired) electrons. The van der Waals surface area contributed by atoms with Gasteiger partial charge in [0.05, 0.1) is 13.2 Å². The van der Waals surface area contributed by atoms with Gasteiger partial charge in [-0.25, -0.2) is 0 Å². The van der Waals surface area contributed by atoms with Gasteiger partial charge in [0.2, 0.25) is 0 Å². The number of rotatable bonds is 5. The van der Waals surface area contributed by atoms with Crippen molar-refractivity contribution in [3.63, 3.8) is 0 Å². The van der Waals surface area contributed by atoms with Gasteiger partial charge >= 0.3 is 0 Å². The lowest BCUT2D eigenvalue weighted by atomic mass is 10.3. The first-order chi connectivity index (χ1) is 8.86. The van der Waals surface area contributed by atoms with E-state index in [1.165, 1.54) is 0 Å². The standard InChI is InChI=1S/C13H19N3O2/c17-13(12-4-1-2-5-14-12)15-6-3-7-16-8-10-18-11-9-16/h1-2,4-5H,3,6-11H2,(H,15,17). The minimum atomic E-state index is -0.0995. The molecular weight excluding hydrogens is 230 g/mol. The van der Waals surface area contributed by atoms with Gasteiger partial charge in [-0.1, -0.05) is 6.07 Å². The van der Waals surface area contributed by atoms with Crippen LogP contribution in [0.25, 0.3) is 0 Å². The molecule has 0 atom stereocenters. The van der Waals surface area contributed by atoms with Gasteiger partial charge in [-0.05, 0) is 25.1 Å². The Labute approximate surface area is 107 Å². The normalized spacial score (nSPS) is 16.4. The predicted octanol–water partition coefficient (Wildman–Crippen LogP) is 0.534. The number of hydrogen-bond donors (Lipinski definition) is 1. The molecule has 1 aromatic heterocycles. The Hall–Kier alpha value is -1.46. The van der Waals surface area contributed by atoms with Crippen LogP contribution in [-0.2, 0) is 4.74 Å². The van der Waals surface area contributed by atoms with Crippen LogP contribution < -0.4 is 5.32 Å². The predicted molar refractivity (Wildman–Crippen MR) is 68.4 cm³/mol. The first-order valence-corrected chi connectivity index (χ1v) is 6.35. The molecule has 1 aliphatic heterocycles. The van der Waals surface area contributed by atoms with Crippen LogP contribution >= 0.6 is 0 Å². The molecule has 0 unspecified atom stereocenters. The molecule has 1 fully saturated rings. The Morgan fingerprint density at radius 2 is 2.22 bits per heavy atom.